The lowest BCUT2D eigenvalue weighted by Crippen LogP contribution is -2.38. The molecular formula is C19H22N2. The third-order valence-corrected chi connectivity index (χ3v) is 4.19. The van der Waals surface area contributed by atoms with Crippen LogP contribution in [0.25, 0.3) is 5.70 Å². The highest BCUT2D eigenvalue weighted by Gasteiger charge is 2.20. The Balaban J connectivity index is 1.97. The van der Waals surface area contributed by atoms with E-state index in [4.69, 9.17) is 5.73 Å². The molecule has 0 saturated carbocycles. The van der Waals surface area contributed by atoms with Gasteiger partial charge in [0, 0.05) is 12.7 Å². The van der Waals surface area contributed by atoms with E-state index in [0.717, 1.165) is 6.42 Å². The summed E-state index contributed by atoms with van der Waals surface area (Å²) in [6.45, 7) is 2.24. The van der Waals surface area contributed by atoms with Crippen molar-refractivity contribution in [2.24, 2.45) is 11.7 Å². The van der Waals surface area contributed by atoms with Crippen molar-refractivity contribution in [3.8, 4) is 0 Å². The summed E-state index contributed by atoms with van der Waals surface area (Å²) < 4.78 is 0. The number of nitrogens with two attached hydrogens (primary N) is 1. The normalized spacial score (nSPS) is 25.3. The fraction of sp³-hybridized carbons (Fsp3) is 0.263. The van der Waals surface area contributed by atoms with Gasteiger partial charge in [0.1, 0.15) is 0 Å². The zero-order chi connectivity index (χ0) is 14.8. The Morgan fingerprint density at radius 1 is 1.14 bits per heavy atom. The average molecular weight is 278 g/mol. The molecule has 1 aliphatic carbocycles. The van der Waals surface area contributed by atoms with Gasteiger partial charge >= 0.3 is 0 Å². The minimum Gasteiger partial charge on any atom is -0.355 e. The van der Waals surface area contributed by atoms with E-state index in [1.807, 2.05) is 13.1 Å². The van der Waals surface area contributed by atoms with E-state index in [-0.39, 0.29) is 6.17 Å². The molecule has 2 nitrogen and oxygen atoms in total. The Hall–Kier alpha value is -2.06. The molecule has 2 N–H and O–H groups in total. The van der Waals surface area contributed by atoms with Crippen LogP contribution >= 0.6 is 0 Å². The first kappa shape index (κ1) is 13.9. The van der Waals surface area contributed by atoms with Crippen molar-refractivity contribution >= 4 is 5.70 Å². The van der Waals surface area contributed by atoms with E-state index < -0.39 is 0 Å². The Labute approximate surface area is 127 Å². The molecule has 0 bridgehead atoms. The van der Waals surface area contributed by atoms with Crippen LogP contribution in [0.3, 0.4) is 0 Å². The molecule has 0 radical (unpaired) electrons. The molecule has 0 aromatic heterocycles. The summed E-state index contributed by atoms with van der Waals surface area (Å²) in [4.78, 5) is 2.12. The summed E-state index contributed by atoms with van der Waals surface area (Å²) in [5.41, 5.74) is 11.2. The lowest BCUT2D eigenvalue weighted by Gasteiger charge is -2.32. The molecule has 1 heterocycles. The predicted molar refractivity (Wildman–Crippen MR) is 89.2 cm³/mol. The molecule has 0 spiro atoms. The Bertz CT molecular complexity index is 635. The monoisotopic (exact) mass is 278 g/mol. The first-order valence-electron chi connectivity index (χ1n) is 7.51. The molecule has 2 unspecified atom stereocenters. The number of likely N-dealkylation sites (N-methyl/N-ethyl adjacent to an activating group) is 1. The molecule has 2 heteroatoms. The second kappa shape index (κ2) is 5.74. The van der Waals surface area contributed by atoms with Crippen molar-refractivity contribution in [3.63, 3.8) is 0 Å². The molecule has 2 atom stereocenters. The van der Waals surface area contributed by atoms with Crippen molar-refractivity contribution in [2.45, 2.75) is 19.5 Å². The molecule has 0 saturated heterocycles. The van der Waals surface area contributed by atoms with Gasteiger partial charge in [-0.2, -0.15) is 0 Å². The highest BCUT2D eigenvalue weighted by Crippen LogP contribution is 2.30. The predicted octanol–water partition coefficient (Wildman–Crippen LogP) is 3.71. The average Bonchev–Trinajstić information content (AvgIpc) is 2.51. The van der Waals surface area contributed by atoms with Gasteiger partial charge < -0.3 is 10.6 Å². The number of hydrogen-bond donors (Lipinski definition) is 1. The summed E-state index contributed by atoms with van der Waals surface area (Å²) in [7, 11) is 2.05. The summed E-state index contributed by atoms with van der Waals surface area (Å²) in [5, 5.41) is 0. The molecule has 0 fully saturated rings. The first-order chi connectivity index (χ1) is 10.1. The van der Waals surface area contributed by atoms with Crippen molar-refractivity contribution < 1.29 is 0 Å². The van der Waals surface area contributed by atoms with Gasteiger partial charge in [0.15, 0.2) is 0 Å². The molecule has 108 valence electrons. The first-order valence-corrected chi connectivity index (χ1v) is 7.51. The fourth-order valence-corrected chi connectivity index (χ4v) is 2.77. The van der Waals surface area contributed by atoms with Crippen molar-refractivity contribution in [3.05, 3.63) is 77.4 Å². The van der Waals surface area contributed by atoms with Crippen LogP contribution in [0.2, 0.25) is 0 Å². The van der Waals surface area contributed by atoms with Crippen LogP contribution < -0.4 is 5.73 Å². The van der Waals surface area contributed by atoms with Gasteiger partial charge in [0.05, 0.1) is 6.17 Å². The molecule has 21 heavy (non-hydrogen) atoms. The van der Waals surface area contributed by atoms with Crippen molar-refractivity contribution in [1.29, 1.82) is 0 Å². The molecule has 3 rings (SSSR count). The van der Waals surface area contributed by atoms with Crippen LogP contribution in [0.1, 0.15) is 18.9 Å². The van der Waals surface area contributed by atoms with Gasteiger partial charge in [-0.15, -0.1) is 0 Å². The lowest BCUT2D eigenvalue weighted by atomic mass is 9.91. The maximum atomic E-state index is 6.29. The number of benzene rings is 1. The summed E-state index contributed by atoms with van der Waals surface area (Å²) in [5.74, 6) is 0.631. The zero-order valence-electron chi connectivity index (χ0n) is 12.7. The van der Waals surface area contributed by atoms with Gasteiger partial charge in [-0.1, -0.05) is 55.5 Å². The standard InChI is InChI=1S/C19H22N2/c1-14-8-10-15(11-9-14)17-12-18(21(2)19(20)13-17)16-6-4-3-5-7-16/h3-8,10-14,19H,9,20H2,1-2H3. The smallest absolute Gasteiger partial charge is 0.0967 e. The molecule has 1 aliphatic heterocycles. The van der Waals surface area contributed by atoms with Crippen LogP contribution in [0, 0.1) is 5.92 Å². The van der Waals surface area contributed by atoms with Crippen LogP contribution in [-0.4, -0.2) is 18.1 Å². The Morgan fingerprint density at radius 2 is 1.90 bits per heavy atom. The number of nitrogens with zero attached hydrogens (tertiary/aromatic N) is 1. The van der Waals surface area contributed by atoms with E-state index in [1.165, 1.54) is 22.4 Å². The Morgan fingerprint density at radius 3 is 2.57 bits per heavy atom. The van der Waals surface area contributed by atoms with Gasteiger partial charge in [-0.25, -0.2) is 0 Å². The third-order valence-electron chi connectivity index (χ3n) is 4.19. The summed E-state index contributed by atoms with van der Waals surface area (Å²) >= 11 is 0. The molecule has 2 aliphatic rings. The van der Waals surface area contributed by atoms with Gasteiger partial charge in [0.25, 0.3) is 0 Å². The topological polar surface area (TPSA) is 29.3 Å². The second-order valence-corrected chi connectivity index (χ2v) is 5.85. The van der Waals surface area contributed by atoms with E-state index in [9.17, 15) is 0 Å². The number of rotatable bonds is 2. The van der Waals surface area contributed by atoms with E-state index in [0.29, 0.717) is 5.92 Å². The molecule has 1 aromatic carbocycles. The van der Waals surface area contributed by atoms with E-state index in [2.05, 4.69) is 66.5 Å². The molecule has 1 aromatic rings. The minimum atomic E-state index is -0.0890. The third kappa shape index (κ3) is 2.86. The van der Waals surface area contributed by atoms with Crippen LogP contribution in [0.15, 0.2) is 71.9 Å². The molecular weight excluding hydrogens is 256 g/mol. The summed E-state index contributed by atoms with van der Waals surface area (Å²) in [6, 6.07) is 10.4. The van der Waals surface area contributed by atoms with Crippen molar-refractivity contribution in [2.75, 3.05) is 7.05 Å². The van der Waals surface area contributed by atoms with Gasteiger partial charge in [0.2, 0.25) is 0 Å². The highest BCUT2D eigenvalue weighted by atomic mass is 15.2. The maximum absolute atomic E-state index is 6.29. The van der Waals surface area contributed by atoms with Crippen LogP contribution in [0.4, 0.5) is 0 Å². The SMILES string of the molecule is CC1C=CC(C2=CC(N)N(C)C(c3ccccc3)=C2)=CC1. The number of allylic oxidation sites excluding steroid dienone is 6. The maximum Gasteiger partial charge on any atom is 0.0967 e. The zero-order valence-corrected chi connectivity index (χ0v) is 12.7. The quantitative estimate of drug-likeness (QED) is 0.893. The highest BCUT2D eigenvalue weighted by molar-refractivity contribution is 5.71. The van der Waals surface area contributed by atoms with Crippen LogP contribution in [0.5, 0.6) is 0 Å². The van der Waals surface area contributed by atoms with Gasteiger partial charge in [-0.3, -0.25) is 0 Å². The summed E-state index contributed by atoms with van der Waals surface area (Å²) in [6.07, 6.45) is 12.2. The second-order valence-electron chi connectivity index (χ2n) is 5.85. The van der Waals surface area contributed by atoms with E-state index >= 15 is 0 Å². The lowest BCUT2D eigenvalue weighted by molar-refractivity contribution is 0.409. The van der Waals surface area contributed by atoms with E-state index in [1.54, 1.807) is 0 Å². The Kier molecular flexibility index (Phi) is 3.80. The minimum absolute atomic E-state index is 0.0890. The number of hydrogen-bond acceptors (Lipinski definition) is 2. The van der Waals surface area contributed by atoms with Gasteiger partial charge in [-0.05, 0) is 41.2 Å². The van der Waals surface area contributed by atoms with Crippen LogP contribution in [-0.2, 0) is 0 Å². The fourth-order valence-electron chi connectivity index (χ4n) is 2.77. The largest absolute Gasteiger partial charge is 0.355 e. The van der Waals surface area contributed by atoms with Crippen molar-refractivity contribution in [1.82, 2.24) is 4.90 Å². The molecule has 0 amide bonds.